The molecule has 1 aromatic carbocycles. The maximum absolute atomic E-state index is 12.2. The van der Waals surface area contributed by atoms with E-state index < -0.39 is 0 Å². The highest BCUT2D eigenvalue weighted by Gasteiger charge is 2.11. The van der Waals surface area contributed by atoms with Gasteiger partial charge in [0.2, 0.25) is 0 Å². The molecule has 124 valence electrons. The fraction of sp³-hybridized carbons (Fsp3) is 0.278. The fourth-order valence-corrected chi connectivity index (χ4v) is 3.40. The Morgan fingerprint density at radius 3 is 2.42 bits per heavy atom. The van der Waals surface area contributed by atoms with Crippen LogP contribution in [0.5, 0.6) is 0 Å². The molecule has 0 saturated heterocycles. The number of rotatable bonds is 4. The second kappa shape index (κ2) is 6.57. The van der Waals surface area contributed by atoms with Gasteiger partial charge in [-0.2, -0.15) is 5.10 Å². The lowest BCUT2D eigenvalue weighted by atomic mass is 10.2. The molecule has 6 heteroatoms. The smallest absolute Gasteiger partial charge is 0.338 e. The molecule has 0 fully saturated rings. The topological polar surface area (TPSA) is 57.0 Å². The molecule has 0 aliphatic rings. The zero-order chi connectivity index (χ0) is 17.3. The van der Waals surface area contributed by atoms with E-state index in [4.69, 9.17) is 4.74 Å². The van der Waals surface area contributed by atoms with Crippen LogP contribution < -0.4 is 0 Å². The summed E-state index contributed by atoms with van der Waals surface area (Å²) in [5, 5.41) is 5.42. The molecule has 0 N–H and O–H groups in total. The summed E-state index contributed by atoms with van der Waals surface area (Å²) in [6.45, 7) is 8.09. The number of esters is 1. The number of carbonyl (C=O) groups is 1. The van der Waals surface area contributed by atoms with Crippen molar-refractivity contribution in [3.05, 3.63) is 62.9 Å². The molecule has 24 heavy (non-hydrogen) atoms. The van der Waals surface area contributed by atoms with E-state index in [-0.39, 0.29) is 12.6 Å². The first-order valence-electron chi connectivity index (χ1n) is 7.68. The van der Waals surface area contributed by atoms with Crippen molar-refractivity contribution in [2.24, 2.45) is 0 Å². The summed E-state index contributed by atoms with van der Waals surface area (Å²) in [6, 6.07) is 9.29. The fourth-order valence-electron chi connectivity index (χ4n) is 2.55. The van der Waals surface area contributed by atoms with Crippen LogP contribution in [0.3, 0.4) is 0 Å². The minimum Gasteiger partial charge on any atom is -0.456 e. The lowest BCUT2D eigenvalue weighted by molar-refractivity contribution is 0.0476. The van der Waals surface area contributed by atoms with Gasteiger partial charge < -0.3 is 4.74 Å². The number of nitrogens with zero attached hydrogens (tertiary/aromatic N) is 3. The Morgan fingerprint density at radius 1 is 1.17 bits per heavy atom. The Hall–Kier alpha value is -2.47. The molecular formula is C18H19N3O2S. The molecule has 3 aromatic rings. The maximum atomic E-state index is 12.2. The third kappa shape index (κ3) is 3.38. The van der Waals surface area contributed by atoms with Crippen molar-refractivity contribution >= 4 is 17.3 Å². The minimum absolute atomic E-state index is 0.259. The van der Waals surface area contributed by atoms with Crippen molar-refractivity contribution < 1.29 is 9.53 Å². The Kier molecular flexibility index (Phi) is 4.49. The minimum atomic E-state index is -0.333. The summed E-state index contributed by atoms with van der Waals surface area (Å²) in [5.74, 6) is -0.333. The van der Waals surface area contributed by atoms with Crippen LogP contribution in [-0.2, 0) is 11.3 Å². The zero-order valence-electron chi connectivity index (χ0n) is 14.2. The second-order valence-corrected chi connectivity index (χ2v) is 6.99. The highest BCUT2D eigenvalue weighted by atomic mass is 32.1. The quantitative estimate of drug-likeness (QED) is 0.675. The summed E-state index contributed by atoms with van der Waals surface area (Å²) >= 11 is 1.56. The van der Waals surface area contributed by atoms with Crippen LogP contribution in [0.15, 0.2) is 30.3 Å². The van der Waals surface area contributed by atoms with Crippen LogP contribution in [0.4, 0.5) is 0 Å². The SMILES string of the molecule is Cc1cc(C)n(-c2ccc(C(=O)OCc3sc(C)nc3C)cc2)n1. The molecule has 0 aliphatic carbocycles. The van der Waals surface area contributed by atoms with Crippen molar-refractivity contribution in [1.29, 1.82) is 0 Å². The number of benzene rings is 1. The molecule has 0 spiro atoms. The first kappa shape index (κ1) is 16.4. The van der Waals surface area contributed by atoms with Crippen molar-refractivity contribution in [1.82, 2.24) is 14.8 Å². The van der Waals surface area contributed by atoms with Crippen LogP contribution >= 0.6 is 11.3 Å². The number of hydrogen-bond donors (Lipinski definition) is 0. The lowest BCUT2D eigenvalue weighted by Gasteiger charge is -2.07. The summed E-state index contributed by atoms with van der Waals surface area (Å²) in [4.78, 5) is 17.5. The van der Waals surface area contributed by atoms with E-state index in [0.717, 1.165) is 32.7 Å². The van der Waals surface area contributed by atoms with Gasteiger partial charge in [-0.1, -0.05) is 0 Å². The first-order valence-corrected chi connectivity index (χ1v) is 8.49. The molecule has 2 aromatic heterocycles. The molecular weight excluding hydrogens is 322 g/mol. The van der Waals surface area contributed by atoms with Crippen molar-refractivity contribution in [3.8, 4) is 5.69 Å². The number of aromatic nitrogens is 3. The molecule has 0 atom stereocenters. The summed E-state index contributed by atoms with van der Waals surface area (Å²) in [5.41, 5.74) is 4.39. The second-order valence-electron chi connectivity index (χ2n) is 5.70. The van der Waals surface area contributed by atoms with Crippen LogP contribution in [0.1, 0.15) is 37.3 Å². The monoisotopic (exact) mass is 341 g/mol. The third-order valence-electron chi connectivity index (χ3n) is 3.69. The van der Waals surface area contributed by atoms with E-state index >= 15 is 0 Å². The largest absolute Gasteiger partial charge is 0.456 e. The Bertz CT molecular complexity index is 878. The number of hydrogen-bond acceptors (Lipinski definition) is 5. The van der Waals surface area contributed by atoms with E-state index in [1.54, 1.807) is 23.5 Å². The van der Waals surface area contributed by atoms with Gasteiger partial charge in [-0.25, -0.2) is 14.5 Å². The zero-order valence-corrected chi connectivity index (χ0v) is 15.0. The molecule has 3 rings (SSSR count). The van der Waals surface area contributed by atoms with Crippen molar-refractivity contribution in [3.63, 3.8) is 0 Å². The van der Waals surface area contributed by atoms with Crippen LogP contribution in [-0.4, -0.2) is 20.7 Å². The molecule has 0 aliphatic heterocycles. The summed E-state index contributed by atoms with van der Waals surface area (Å²) < 4.78 is 7.25. The molecule has 0 unspecified atom stereocenters. The molecule has 2 heterocycles. The normalized spacial score (nSPS) is 10.8. The highest BCUT2D eigenvalue weighted by Crippen LogP contribution is 2.19. The van der Waals surface area contributed by atoms with Gasteiger partial charge in [-0.15, -0.1) is 11.3 Å². The molecule has 0 bridgehead atoms. The van der Waals surface area contributed by atoms with E-state index in [0.29, 0.717) is 5.56 Å². The van der Waals surface area contributed by atoms with E-state index in [9.17, 15) is 4.79 Å². The average molecular weight is 341 g/mol. The number of thiazole rings is 1. The van der Waals surface area contributed by atoms with Gasteiger partial charge in [-0.05, 0) is 58.0 Å². The lowest BCUT2D eigenvalue weighted by Crippen LogP contribution is -2.06. The van der Waals surface area contributed by atoms with Crippen molar-refractivity contribution in [2.75, 3.05) is 0 Å². The van der Waals surface area contributed by atoms with Gasteiger partial charge in [0.15, 0.2) is 0 Å². The van der Waals surface area contributed by atoms with E-state index in [1.165, 1.54) is 0 Å². The standard InChI is InChI=1S/C18H19N3O2S/c1-11-9-12(2)21(20-11)16-7-5-15(6-8-16)18(22)23-10-17-13(3)19-14(4)24-17/h5-9H,10H2,1-4H3. The molecule has 5 nitrogen and oxygen atoms in total. The van der Waals surface area contributed by atoms with Gasteiger partial charge in [0.1, 0.15) is 6.61 Å². The van der Waals surface area contributed by atoms with Crippen LogP contribution in [0.2, 0.25) is 0 Å². The Labute approximate surface area is 144 Å². The Morgan fingerprint density at radius 2 is 1.88 bits per heavy atom. The molecule has 0 saturated carbocycles. The molecule has 0 radical (unpaired) electrons. The van der Waals surface area contributed by atoms with Crippen LogP contribution in [0, 0.1) is 27.7 Å². The average Bonchev–Trinajstić information content (AvgIpc) is 3.05. The number of carbonyl (C=O) groups excluding carboxylic acids is 1. The predicted molar refractivity (Wildman–Crippen MR) is 93.7 cm³/mol. The summed E-state index contributed by atoms with van der Waals surface area (Å²) in [6.07, 6.45) is 0. The van der Waals surface area contributed by atoms with Gasteiger partial charge in [0, 0.05) is 5.69 Å². The Balaban J connectivity index is 1.70. The van der Waals surface area contributed by atoms with E-state index in [1.807, 2.05) is 50.6 Å². The van der Waals surface area contributed by atoms with Crippen LogP contribution in [0.25, 0.3) is 5.69 Å². The first-order chi connectivity index (χ1) is 11.4. The third-order valence-corrected chi connectivity index (χ3v) is 4.74. The number of ether oxygens (including phenoxy) is 1. The molecule has 0 amide bonds. The van der Waals surface area contributed by atoms with Crippen molar-refractivity contribution in [2.45, 2.75) is 34.3 Å². The predicted octanol–water partition coefficient (Wildman–Crippen LogP) is 3.92. The highest BCUT2D eigenvalue weighted by molar-refractivity contribution is 7.11. The summed E-state index contributed by atoms with van der Waals surface area (Å²) in [7, 11) is 0. The van der Waals surface area contributed by atoms with Gasteiger partial charge in [0.05, 0.1) is 32.5 Å². The number of aryl methyl sites for hydroxylation is 4. The van der Waals surface area contributed by atoms with E-state index in [2.05, 4.69) is 10.1 Å². The van der Waals surface area contributed by atoms with Gasteiger partial charge >= 0.3 is 5.97 Å². The van der Waals surface area contributed by atoms with Gasteiger partial charge in [0.25, 0.3) is 0 Å². The van der Waals surface area contributed by atoms with Gasteiger partial charge in [-0.3, -0.25) is 0 Å². The maximum Gasteiger partial charge on any atom is 0.338 e.